The van der Waals surface area contributed by atoms with E-state index < -0.39 is 0 Å². The van der Waals surface area contributed by atoms with Gasteiger partial charge in [-0.2, -0.15) is 5.10 Å². The normalized spacial score (nSPS) is 13.6. The van der Waals surface area contributed by atoms with Gasteiger partial charge in [-0.3, -0.25) is 0 Å². The first-order chi connectivity index (χ1) is 13.2. The molecular weight excluding hydrogens is 381 g/mol. The van der Waals surface area contributed by atoms with Gasteiger partial charge in [-0.25, -0.2) is 4.68 Å². The Labute approximate surface area is 169 Å². The molecular formula is C21H21Cl2N3O. The molecule has 0 spiro atoms. The zero-order chi connectivity index (χ0) is 18.8. The summed E-state index contributed by atoms with van der Waals surface area (Å²) in [6, 6.07) is 13.5. The lowest BCUT2D eigenvalue weighted by Crippen LogP contribution is -2.08. The molecule has 27 heavy (non-hydrogen) atoms. The molecule has 1 N–H and O–H groups in total. The average Bonchev–Trinajstić information content (AvgIpc) is 2.84. The van der Waals surface area contributed by atoms with Gasteiger partial charge in [0.15, 0.2) is 0 Å². The van der Waals surface area contributed by atoms with Crippen LogP contribution in [0.3, 0.4) is 0 Å². The summed E-state index contributed by atoms with van der Waals surface area (Å²) in [6.45, 7) is 3.50. The fourth-order valence-electron chi connectivity index (χ4n) is 3.48. The first kappa shape index (κ1) is 18.2. The lowest BCUT2D eigenvalue weighted by molar-refractivity contribution is 0.338. The molecule has 2 heterocycles. The Kier molecular flexibility index (Phi) is 5.28. The number of nitrogens with zero attached hydrogens (tertiary/aromatic N) is 2. The standard InChI is InChI=1S/C21H21Cl2N3O/c1-2-27-19-9-4-3-8-18(19)26-21-16(7-5-6-12-24-21)20(25-26)15-11-10-14(22)13-17(15)23/h3-4,8-11,13,24H,2,5-7,12H2,1H3. The van der Waals surface area contributed by atoms with Crippen molar-refractivity contribution in [3.8, 4) is 22.7 Å². The molecule has 0 amide bonds. The largest absolute Gasteiger partial charge is 0.492 e. The van der Waals surface area contributed by atoms with Gasteiger partial charge in [0.05, 0.1) is 17.3 Å². The van der Waals surface area contributed by atoms with Crippen molar-refractivity contribution in [1.82, 2.24) is 9.78 Å². The van der Waals surface area contributed by atoms with E-state index in [0.29, 0.717) is 16.7 Å². The summed E-state index contributed by atoms with van der Waals surface area (Å²) >= 11 is 12.6. The van der Waals surface area contributed by atoms with Gasteiger partial charge in [0.2, 0.25) is 0 Å². The molecule has 0 fully saturated rings. The summed E-state index contributed by atoms with van der Waals surface area (Å²) in [7, 11) is 0. The molecule has 1 aromatic heterocycles. The lowest BCUT2D eigenvalue weighted by atomic mass is 10.0. The van der Waals surface area contributed by atoms with Crippen LogP contribution in [0.1, 0.15) is 25.3 Å². The number of nitrogens with one attached hydrogen (secondary N) is 1. The highest BCUT2D eigenvalue weighted by atomic mass is 35.5. The maximum Gasteiger partial charge on any atom is 0.145 e. The topological polar surface area (TPSA) is 39.1 Å². The molecule has 1 aliphatic rings. The van der Waals surface area contributed by atoms with Gasteiger partial charge in [0, 0.05) is 22.7 Å². The number of halogens is 2. The van der Waals surface area contributed by atoms with E-state index in [4.69, 9.17) is 33.0 Å². The molecule has 140 valence electrons. The third-order valence-corrected chi connectivity index (χ3v) is 5.26. The zero-order valence-corrected chi connectivity index (χ0v) is 16.6. The fraction of sp³-hybridized carbons (Fsp3) is 0.286. The lowest BCUT2D eigenvalue weighted by Gasteiger charge is -2.13. The first-order valence-corrected chi connectivity index (χ1v) is 9.98. The highest BCUT2D eigenvalue weighted by Gasteiger charge is 2.24. The number of rotatable bonds is 4. The van der Waals surface area contributed by atoms with Gasteiger partial charge in [0.1, 0.15) is 17.3 Å². The molecule has 0 saturated heterocycles. The molecule has 0 saturated carbocycles. The quantitative estimate of drug-likeness (QED) is 0.582. The maximum atomic E-state index is 6.50. The number of ether oxygens (including phenoxy) is 1. The highest BCUT2D eigenvalue weighted by Crippen LogP contribution is 2.39. The molecule has 2 aromatic carbocycles. The number of anilines is 1. The van der Waals surface area contributed by atoms with E-state index in [0.717, 1.165) is 54.3 Å². The van der Waals surface area contributed by atoms with Crippen LogP contribution >= 0.6 is 23.2 Å². The monoisotopic (exact) mass is 401 g/mol. The van der Waals surface area contributed by atoms with E-state index in [1.165, 1.54) is 5.56 Å². The van der Waals surface area contributed by atoms with Crippen molar-refractivity contribution in [2.24, 2.45) is 0 Å². The van der Waals surface area contributed by atoms with E-state index in [1.54, 1.807) is 6.07 Å². The molecule has 0 aliphatic carbocycles. The van der Waals surface area contributed by atoms with Crippen LogP contribution in [0.15, 0.2) is 42.5 Å². The Morgan fingerprint density at radius 3 is 2.81 bits per heavy atom. The predicted octanol–water partition coefficient (Wildman–Crippen LogP) is 5.99. The van der Waals surface area contributed by atoms with Crippen LogP contribution in [0.25, 0.3) is 16.9 Å². The van der Waals surface area contributed by atoms with Crippen molar-refractivity contribution in [2.75, 3.05) is 18.5 Å². The van der Waals surface area contributed by atoms with Gasteiger partial charge in [-0.05, 0) is 56.5 Å². The highest BCUT2D eigenvalue weighted by molar-refractivity contribution is 6.36. The van der Waals surface area contributed by atoms with E-state index in [-0.39, 0.29) is 0 Å². The van der Waals surface area contributed by atoms with Crippen LogP contribution < -0.4 is 10.1 Å². The van der Waals surface area contributed by atoms with Crippen LogP contribution in [0.2, 0.25) is 10.0 Å². The van der Waals surface area contributed by atoms with E-state index in [1.807, 2.05) is 48.0 Å². The Hall–Kier alpha value is -2.17. The molecule has 3 aromatic rings. The number of para-hydroxylation sites is 2. The molecule has 4 nitrogen and oxygen atoms in total. The van der Waals surface area contributed by atoms with Gasteiger partial charge in [-0.1, -0.05) is 35.3 Å². The van der Waals surface area contributed by atoms with Crippen LogP contribution in [0.5, 0.6) is 5.75 Å². The zero-order valence-electron chi connectivity index (χ0n) is 15.1. The van der Waals surface area contributed by atoms with Crippen LogP contribution in [-0.4, -0.2) is 22.9 Å². The minimum atomic E-state index is 0.601. The number of hydrogen-bond donors (Lipinski definition) is 1. The molecule has 1 aliphatic heterocycles. The van der Waals surface area contributed by atoms with Crippen LogP contribution in [-0.2, 0) is 6.42 Å². The molecule has 6 heteroatoms. The van der Waals surface area contributed by atoms with Crippen molar-refractivity contribution in [3.63, 3.8) is 0 Å². The second kappa shape index (κ2) is 7.83. The van der Waals surface area contributed by atoms with Crippen molar-refractivity contribution in [3.05, 3.63) is 58.1 Å². The summed E-state index contributed by atoms with van der Waals surface area (Å²) in [6.07, 6.45) is 3.18. The van der Waals surface area contributed by atoms with Crippen molar-refractivity contribution < 1.29 is 4.74 Å². The number of benzene rings is 2. The maximum absolute atomic E-state index is 6.50. The van der Waals surface area contributed by atoms with Crippen LogP contribution in [0, 0.1) is 0 Å². The number of fused-ring (bicyclic) bond motifs is 1. The predicted molar refractivity (Wildman–Crippen MR) is 112 cm³/mol. The van der Waals surface area contributed by atoms with Gasteiger partial charge < -0.3 is 10.1 Å². The summed E-state index contributed by atoms with van der Waals surface area (Å²) in [5.41, 5.74) is 3.89. The van der Waals surface area contributed by atoms with Crippen molar-refractivity contribution in [1.29, 1.82) is 0 Å². The van der Waals surface area contributed by atoms with E-state index in [9.17, 15) is 0 Å². The van der Waals surface area contributed by atoms with E-state index in [2.05, 4.69) is 5.32 Å². The summed E-state index contributed by atoms with van der Waals surface area (Å²) in [5.74, 6) is 1.82. The second-order valence-electron chi connectivity index (χ2n) is 6.50. The molecule has 4 rings (SSSR count). The van der Waals surface area contributed by atoms with Crippen LogP contribution in [0.4, 0.5) is 5.82 Å². The minimum absolute atomic E-state index is 0.601. The van der Waals surface area contributed by atoms with Crippen molar-refractivity contribution >= 4 is 29.0 Å². The Balaban J connectivity index is 1.93. The van der Waals surface area contributed by atoms with Crippen molar-refractivity contribution in [2.45, 2.75) is 26.2 Å². The average molecular weight is 402 g/mol. The third kappa shape index (κ3) is 3.52. The van der Waals surface area contributed by atoms with Gasteiger partial charge >= 0.3 is 0 Å². The Bertz CT molecular complexity index is 968. The molecule has 0 bridgehead atoms. The minimum Gasteiger partial charge on any atom is -0.492 e. The Morgan fingerprint density at radius 2 is 2.00 bits per heavy atom. The SMILES string of the molecule is CCOc1ccccc1-n1nc(-c2ccc(Cl)cc2Cl)c2c1NCCCC2. The van der Waals surface area contributed by atoms with E-state index >= 15 is 0 Å². The number of hydrogen-bond acceptors (Lipinski definition) is 3. The first-order valence-electron chi connectivity index (χ1n) is 9.22. The molecule has 0 unspecified atom stereocenters. The second-order valence-corrected chi connectivity index (χ2v) is 7.34. The van der Waals surface area contributed by atoms with Gasteiger partial charge in [-0.15, -0.1) is 0 Å². The third-order valence-electron chi connectivity index (χ3n) is 4.71. The summed E-state index contributed by atoms with van der Waals surface area (Å²) in [4.78, 5) is 0. The number of aromatic nitrogens is 2. The fourth-order valence-corrected chi connectivity index (χ4v) is 3.98. The Morgan fingerprint density at radius 1 is 1.15 bits per heavy atom. The molecule has 0 radical (unpaired) electrons. The molecule has 0 atom stereocenters. The summed E-state index contributed by atoms with van der Waals surface area (Å²) in [5, 5.41) is 9.74. The van der Waals surface area contributed by atoms with Gasteiger partial charge in [0.25, 0.3) is 0 Å². The summed E-state index contributed by atoms with van der Waals surface area (Å²) < 4.78 is 7.79. The smallest absolute Gasteiger partial charge is 0.145 e.